The van der Waals surface area contributed by atoms with Gasteiger partial charge in [0.25, 0.3) is 0 Å². The fourth-order valence-corrected chi connectivity index (χ4v) is 2.43. The number of halogens is 3. The summed E-state index contributed by atoms with van der Waals surface area (Å²) in [5.74, 6) is 0.697. The van der Waals surface area contributed by atoms with Crippen LogP contribution in [0, 0.1) is 5.92 Å². The average Bonchev–Trinajstić information content (AvgIpc) is 2.36. The maximum Gasteiger partial charge on any atom is 0.387 e. The number of ether oxygens (including phenoxy) is 1. The van der Waals surface area contributed by atoms with Crippen molar-refractivity contribution >= 4 is 12.4 Å². The third-order valence-corrected chi connectivity index (χ3v) is 3.61. The lowest BCUT2D eigenvalue weighted by molar-refractivity contribution is -0.0498. The minimum Gasteiger partial charge on any atom is -0.435 e. The van der Waals surface area contributed by atoms with Gasteiger partial charge in [-0.15, -0.1) is 12.4 Å². The largest absolute Gasteiger partial charge is 0.435 e. The van der Waals surface area contributed by atoms with E-state index in [1.807, 2.05) is 12.1 Å². The molecule has 1 aliphatic rings. The molecule has 1 saturated heterocycles. The van der Waals surface area contributed by atoms with Crippen molar-refractivity contribution < 1.29 is 13.5 Å². The number of hydrogen-bond donors (Lipinski definition) is 1. The molecule has 0 amide bonds. The highest BCUT2D eigenvalue weighted by Gasteiger charge is 2.22. The molecule has 114 valence electrons. The van der Waals surface area contributed by atoms with Gasteiger partial charge >= 0.3 is 6.61 Å². The second kappa shape index (κ2) is 7.76. The molecule has 2 unspecified atom stereocenters. The Kier molecular flexibility index (Phi) is 6.65. The zero-order chi connectivity index (χ0) is 13.8. The third kappa shape index (κ3) is 4.89. The number of hydrogen-bond acceptors (Lipinski definition) is 3. The van der Waals surface area contributed by atoms with Crippen molar-refractivity contribution in [2.75, 3.05) is 13.1 Å². The average molecular weight is 307 g/mol. The van der Waals surface area contributed by atoms with Crippen LogP contribution in [-0.4, -0.2) is 30.6 Å². The number of rotatable bonds is 4. The molecule has 0 spiro atoms. The number of likely N-dealkylation sites (tertiary alicyclic amines) is 1. The molecule has 0 bridgehead atoms. The highest BCUT2D eigenvalue weighted by molar-refractivity contribution is 5.85. The van der Waals surface area contributed by atoms with Crippen LogP contribution >= 0.6 is 12.4 Å². The first-order valence-electron chi connectivity index (χ1n) is 6.56. The Morgan fingerprint density at radius 2 is 2.00 bits per heavy atom. The van der Waals surface area contributed by atoms with Crippen LogP contribution in [0.2, 0.25) is 0 Å². The molecule has 1 aromatic rings. The van der Waals surface area contributed by atoms with E-state index in [-0.39, 0.29) is 24.2 Å². The van der Waals surface area contributed by atoms with Gasteiger partial charge in [0.15, 0.2) is 0 Å². The Balaban J connectivity index is 0.00000200. The van der Waals surface area contributed by atoms with Gasteiger partial charge in [0.2, 0.25) is 0 Å². The molecule has 1 aromatic carbocycles. The number of piperidine rings is 1. The first-order chi connectivity index (χ1) is 9.04. The van der Waals surface area contributed by atoms with Crippen molar-refractivity contribution in [3.05, 3.63) is 29.8 Å². The van der Waals surface area contributed by atoms with Gasteiger partial charge in [-0.3, -0.25) is 4.90 Å². The lowest BCUT2D eigenvalue weighted by Gasteiger charge is -2.35. The summed E-state index contributed by atoms with van der Waals surface area (Å²) in [5, 5.41) is 0. The van der Waals surface area contributed by atoms with Gasteiger partial charge < -0.3 is 10.5 Å². The van der Waals surface area contributed by atoms with Gasteiger partial charge in [-0.2, -0.15) is 8.78 Å². The van der Waals surface area contributed by atoms with Crippen LogP contribution in [0.4, 0.5) is 8.78 Å². The van der Waals surface area contributed by atoms with Crippen molar-refractivity contribution in [1.29, 1.82) is 0 Å². The van der Waals surface area contributed by atoms with Crippen LogP contribution in [0.25, 0.3) is 0 Å². The van der Waals surface area contributed by atoms with Crippen molar-refractivity contribution in [2.45, 2.75) is 32.5 Å². The smallest absolute Gasteiger partial charge is 0.387 e. The van der Waals surface area contributed by atoms with E-state index in [9.17, 15) is 8.78 Å². The highest BCUT2D eigenvalue weighted by atomic mass is 35.5. The molecule has 0 aliphatic carbocycles. The van der Waals surface area contributed by atoms with E-state index < -0.39 is 6.61 Å². The van der Waals surface area contributed by atoms with Crippen LogP contribution in [0.15, 0.2) is 24.3 Å². The van der Waals surface area contributed by atoms with E-state index in [0.29, 0.717) is 5.92 Å². The Labute approximate surface area is 124 Å². The molecule has 1 fully saturated rings. The Bertz CT molecular complexity index is 403. The van der Waals surface area contributed by atoms with Gasteiger partial charge in [-0.1, -0.05) is 19.1 Å². The molecule has 1 heterocycles. The Hall–Kier alpha value is -0.910. The van der Waals surface area contributed by atoms with Crippen LogP contribution in [0.3, 0.4) is 0 Å². The summed E-state index contributed by atoms with van der Waals surface area (Å²) < 4.78 is 28.4. The minimum absolute atomic E-state index is 0. The summed E-state index contributed by atoms with van der Waals surface area (Å²) in [4.78, 5) is 2.34. The SMILES string of the molecule is CC1CN(Cc2ccc(OC(F)F)cc2)CCC1N.Cl. The number of benzene rings is 1. The molecule has 2 rings (SSSR count). The predicted octanol–water partition coefficient (Wildman–Crippen LogP) is 2.88. The molecule has 2 atom stereocenters. The molecular weight excluding hydrogens is 286 g/mol. The summed E-state index contributed by atoms with van der Waals surface area (Å²) in [6.45, 7) is 2.19. The lowest BCUT2D eigenvalue weighted by Crippen LogP contribution is -2.45. The fourth-order valence-electron chi connectivity index (χ4n) is 2.43. The molecule has 0 radical (unpaired) electrons. The lowest BCUT2D eigenvalue weighted by atomic mass is 9.94. The fraction of sp³-hybridized carbons (Fsp3) is 0.571. The zero-order valence-electron chi connectivity index (χ0n) is 11.5. The molecule has 6 heteroatoms. The standard InChI is InChI=1S/C14H20F2N2O.ClH/c1-10-8-18(7-6-13(10)17)9-11-2-4-12(5-3-11)19-14(15)16;/h2-5,10,13-14H,6-9,17H2,1H3;1H. The van der Waals surface area contributed by atoms with Gasteiger partial charge in [-0.25, -0.2) is 0 Å². The van der Waals surface area contributed by atoms with E-state index in [0.717, 1.165) is 31.6 Å². The maximum atomic E-state index is 12.0. The van der Waals surface area contributed by atoms with Gasteiger partial charge in [-0.05, 0) is 36.6 Å². The topological polar surface area (TPSA) is 38.5 Å². The third-order valence-electron chi connectivity index (χ3n) is 3.61. The minimum atomic E-state index is -2.77. The summed E-state index contributed by atoms with van der Waals surface area (Å²) in [7, 11) is 0. The monoisotopic (exact) mass is 306 g/mol. The summed E-state index contributed by atoms with van der Waals surface area (Å²) in [5.41, 5.74) is 7.09. The number of alkyl halides is 2. The van der Waals surface area contributed by atoms with E-state index in [2.05, 4.69) is 16.6 Å². The second-order valence-electron chi connectivity index (χ2n) is 5.19. The Morgan fingerprint density at radius 3 is 2.55 bits per heavy atom. The maximum absolute atomic E-state index is 12.0. The molecule has 3 nitrogen and oxygen atoms in total. The summed E-state index contributed by atoms with van der Waals surface area (Å²) in [6, 6.07) is 7.12. The molecule has 0 saturated carbocycles. The van der Waals surface area contributed by atoms with Crippen molar-refractivity contribution in [2.24, 2.45) is 11.7 Å². The van der Waals surface area contributed by atoms with Crippen LogP contribution in [-0.2, 0) is 6.54 Å². The molecule has 20 heavy (non-hydrogen) atoms. The molecular formula is C14H21ClF2N2O. The van der Waals surface area contributed by atoms with Crippen molar-refractivity contribution in [3.8, 4) is 5.75 Å². The van der Waals surface area contributed by atoms with Gasteiger partial charge in [0, 0.05) is 19.1 Å². The molecule has 2 N–H and O–H groups in total. The highest BCUT2D eigenvalue weighted by Crippen LogP contribution is 2.19. The van der Waals surface area contributed by atoms with E-state index in [1.54, 1.807) is 12.1 Å². The normalized spacial score (nSPS) is 23.4. The van der Waals surface area contributed by atoms with Gasteiger partial charge in [0.1, 0.15) is 5.75 Å². The first kappa shape index (κ1) is 17.1. The second-order valence-corrected chi connectivity index (χ2v) is 5.19. The summed E-state index contributed by atoms with van der Waals surface area (Å²) >= 11 is 0. The van der Waals surface area contributed by atoms with Crippen molar-refractivity contribution in [1.82, 2.24) is 4.90 Å². The van der Waals surface area contributed by atoms with Crippen LogP contribution in [0.1, 0.15) is 18.9 Å². The quantitative estimate of drug-likeness (QED) is 0.929. The first-order valence-corrected chi connectivity index (χ1v) is 6.56. The zero-order valence-corrected chi connectivity index (χ0v) is 12.3. The van der Waals surface area contributed by atoms with Crippen LogP contribution in [0.5, 0.6) is 5.75 Å². The van der Waals surface area contributed by atoms with E-state index >= 15 is 0 Å². The van der Waals surface area contributed by atoms with Gasteiger partial charge in [0.05, 0.1) is 0 Å². The molecule has 0 aromatic heterocycles. The van der Waals surface area contributed by atoms with Crippen molar-refractivity contribution in [3.63, 3.8) is 0 Å². The molecule has 1 aliphatic heterocycles. The van der Waals surface area contributed by atoms with E-state index in [4.69, 9.17) is 5.73 Å². The Morgan fingerprint density at radius 1 is 1.35 bits per heavy atom. The number of nitrogens with two attached hydrogens (primary N) is 1. The van der Waals surface area contributed by atoms with E-state index in [1.165, 1.54) is 0 Å². The van der Waals surface area contributed by atoms with Crippen LogP contribution < -0.4 is 10.5 Å². The number of nitrogens with zero attached hydrogens (tertiary/aromatic N) is 1. The predicted molar refractivity (Wildman–Crippen MR) is 77.4 cm³/mol. The summed E-state index contributed by atoms with van der Waals surface area (Å²) in [6.07, 6.45) is 1.01.